The number of hydrogen-bond acceptors (Lipinski definition) is 3. The molecule has 0 aliphatic carbocycles. The molecule has 1 aromatic heterocycles. The van der Waals surface area contributed by atoms with Gasteiger partial charge in [-0.1, -0.05) is 66.7 Å². The topological polar surface area (TPSA) is 46.0 Å². The van der Waals surface area contributed by atoms with Crippen LogP contribution in [0.2, 0.25) is 0 Å². The normalized spacial score (nSPS) is 11.6. The summed E-state index contributed by atoms with van der Waals surface area (Å²) in [5, 5.41) is 15.0. The maximum atomic E-state index is 11.1. The lowest BCUT2D eigenvalue weighted by Crippen LogP contribution is -1.91. The number of benzene rings is 5. The number of aromatic nitrogens is 2. The van der Waals surface area contributed by atoms with Crippen molar-refractivity contribution in [3.63, 3.8) is 0 Å². The number of rotatable bonds is 1. The third-order valence-corrected chi connectivity index (χ3v) is 5.54. The van der Waals surface area contributed by atoms with Crippen LogP contribution in [0.4, 0.5) is 0 Å². The number of phenolic OH excluding ortho intramolecular Hbond substituents is 1. The van der Waals surface area contributed by atoms with Crippen LogP contribution in [-0.4, -0.2) is 15.1 Å². The van der Waals surface area contributed by atoms with Gasteiger partial charge in [-0.15, -0.1) is 0 Å². The van der Waals surface area contributed by atoms with E-state index >= 15 is 0 Å². The predicted octanol–water partition coefficient (Wildman–Crippen LogP) is 6.46. The fourth-order valence-electron chi connectivity index (χ4n) is 4.15. The summed E-state index contributed by atoms with van der Waals surface area (Å²) in [6, 6.07) is 30.1. The van der Waals surface area contributed by atoms with Crippen LogP contribution in [0.25, 0.3) is 54.7 Å². The zero-order valence-corrected chi connectivity index (χ0v) is 15.5. The Morgan fingerprint density at radius 2 is 1.17 bits per heavy atom. The van der Waals surface area contributed by atoms with Crippen LogP contribution in [0.15, 0.2) is 91.0 Å². The van der Waals surface area contributed by atoms with Crippen molar-refractivity contribution in [1.29, 1.82) is 0 Å². The minimum Gasteiger partial charge on any atom is -0.507 e. The van der Waals surface area contributed by atoms with Gasteiger partial charge in [0.05, 0.1) is 22.1 Å². The molecule has 6 aromatic rings. The minimum absolute atomic E-state index is 0.293. The van der Waals surface area contributed by atoms with Crippen LogP contribution in [0.1, 0.15) is 0 Å². The molecule has 136 valence electrons. The summed E-state index contributed by atoms with van der Waals surface area (Å²) < 4.78 is 0. The number of nitrogens with zero attached hydrogens (tertiary/aromatic N) is 2. The van der Waals surface area contributed by atoms with Crippen molar-refractivity contribution in [3.05, 3.63) is 91.0 Å². The van der Waals surface area contributed by atoms with E-state index in [1.165, 1.54) is 0 Å². The Balaban J connectivity index is 1.76. The molecule has 0 unspecified atom stereocenters. The lowest BCUT2D eigenvalue weighted by molar-refractivity contribution is 0.483. The molecule has 3 nitrogen and oxygen atoms in total. The van der Waals surface area contributed by atoms with Crippen molar-refractivity contribution in [2.75, 3.05) is 0 Å². The van der Waals surface area contributed by atoms with E-state index in [2.05, 4.69) is 18.2 Å². The van der Waals surface area contributed by atoms with Gasteiger partial charge < -0.3 is 5.11 Å². The molecular weight excluding hydrogens is 356 g/mol. The highest BCUT2D eigenvalue weighted by Crippen LogP contribution is 2.41. The number of fused-ring (bicyclic) bond motifs is 5. The number of aromatic hydroxyl groups is 1. The average molecular weight is 372 g/mol. The fraction of sp³-hybridized carbons (Fsp3) is 0. The summed E-state index contributed by atoms with van der Waals surface area (Å²) in [5.74, 6) is 0.293. The van der Waals surface area contributed by atoms with Crippen molar-refractivity contribution in [1.82, 2.24) is 9.97 Å². The van der Waals surface area contributed by atoms with Crippen LogP contribution in [-0.2, 0) is 0 Å². The van der Waals surface area contributed by atoms with E-state index in [-0.39, 0.29) is 0 Å². The van der Waals surface area contributed by atoms with Gasteiger partial charge in [-0.05, 0) is 40.6 Å². The monoisotopic (exact) mass is 372 g/mol. The fourth-order valence-corrected chi connectivity index (χ4v) is 4.15. The number of hydrogen-bond donors (Lipinski definition) is 1. The Bertz CT molecular complexity index is 1570. The van der Waals surface area contributed by atoms with Crippen molar-refractivity contribution in [2.24, 2.45) is 0 Å². The molecule has 0 amide bonds. The predicted molar refractivity (Wildman–Crippen MR) is 119 cm³/mol. The largest absolute Gasteiger partial charge is 0.507 e. The Kier molecular flexibility index (Phi) is 3.32. The van der Waals surface area contributed by atoms with E-state index in [0.717, 1.165) is 54.7 Å². The summed E-state index contributed by atoms with van der Waals surface area (Å²) >= 11 is 0. The van der Waals surface area contributed by atoms with E-state index < -0.39 is 0 Å². The first-order valence-electron chi connectivity index (χ1n) is 9.59. The highest BCUT2D eigenvalue weighted by molar-refractivity contribution is 6.13. The first-order valence-corrected chi connectivity index (χ1v) is 9.59. The highest BCUT2D eigenvalue weighted by atomic mass is 16.3. The molecule has 1 heterocycles. The zero-order chi connectivity index (χ0) is 19.4. The van der Waals surface area contributed by atoms with Gasteiger partial charge in [0.1, 0.15) is 5.75 Å². The van der Waals surface area contributed by atoms with Gasteiger partial charge in [0.25, 0.3) is 0 Å². The first kappa shape index (κ1) is 16.0. The molecule has 3 heteroatoms. The smallest absolute Gasteiger partial charge is 0.131 e. The zero-order valence-electron chi connectivity index (χ0n) is 15.5. The molecule has 0 atom stereocenters. The van der Waals surface area contributed by atoms with Gasteiger partial charge >= 0.3 is 0 Å². The van der Waals surface area contributed by atoms with Crippen LogP contribution in [0, 0.1) is 0 Å². The molecule has 0 saturated carbocycles. The Morgan fingerprint density at radius 1 is 0.517 bits per heavy atom. The molecule has 0 aliphatic rings. The molecule has 1 N–H and O–H groups in total. The van der Waals surface area contributed by atoms with Crippen molar-refractivity contribution >= 4 is 43.6 Å². The van der Waals surface area contributed by atoms with Gasteiger partial charge in [0.2, 0.25) is 0 Å². The summed E-state index contributed by atoms with van der Waals surface area (Å²) in [6.07, 6.45) is 0. The van der Waals surface area contributed by atoms with Gasteiger partial charge in [-0.25, -0.2) is 9.97 Å². The van der Waals surface area contributed by atoms with Gasteiger partial charge in [0.15, 0.2) is 0 Å². The van der Waals surface area contributed by atoms with E-state index in [1.54, 1.807) is 0 Å². The molecule has 0 saturated heterocycles. The van der Waals surface area contributed by atoms with E-state index in [0.29, 0.717) is 5.75 Å². The third kappa shape index (κ3) is 2.38. The van der Waals surface area contributed by atoms with Gasteiger partial charge in [-0.2, -0.15) is 0 Å². The standard InChI is InChI=1S/C26H16N2O/c29-26-17-8-2-1-7-16(17)13-14-20(26)21-15-24-25(19-10-4-3-9-18(19)21)28-23-12-6-5-11-22(23)27-24/h1-15,29H. The summed E-state index contributed by atoms with van der Waals surface area (Å²) in [4.78, 5) is 9.75. The maximum Gasteiger partial charge on any atom is 0.131 e. The van der Waals surface area contributed by atoms with Crippen LogP contribution in [0.3, 0.4) is 0 Å². The molecule has 6 rings (SSSR count). The Hall–Kier alpha value is -3.98. The van der Waals surface area contributed by atoms with Crippen molar-refractivity contribution in [2.45, 2.75) is 0 Å². The third-order valence-electron chi connectivity index (χ3n) is 5.54. The van der Waals surface area contributed by atoms with Crippen molar-refractivity contribution in [3.8, 4) is 16.9 Å². The quantitative estimate of drug-likeness (QED) is 0.266. The van der Waals surface area contributed by atoms with E-state index in [9.17, 15) is 5.11 Å². The second-order valence-corrected chi connectivity index (χ2v) is 7.23. The summed E-state index contributed by atoms with van der Waals surface area (Å²) in [6.45, 7) is 0. The van der Waals surface area contributed by atoms with Gasteiger partial charge in [0, 0.05) is 16.3 Å². The number of phenols is 1. The van der Waals surface area contributed by atoms with Gasteiger partial charge in [-0.3, -0.25) is 0 Å². The minimum atomic E-state index is 0.293. The molecule has 29 heavy (non-hydrogen) atoms. The van der Waals surface area contributed by atoms with E-state index in [4.69, 9.17) is 9.97 Å². The lowest BCUT2D eigenvalue weighted by atomic mass is 9.94. The first-order chi connectivity index (χ1) is 14.3. The van der Waals surface area contributed by atoms with E-state index in [1.807, 2.05) is 72.8 Å². The van der Waals surface area contributed by atoms with Crippen LogP contribution in [0.5, 0.6) is 5.75 Å². The summed E-state index contributed by atoms with van der Waals surface area (Å²) in [5.41, 5.74) is 5.21. The Labute approximate surface area is 166 Å². The second kappa shape index (κ2) is 6.01. The molecule has 0 aliphatic heterocycles. The molecule has 0 radical (unpaired) electrons. The SMILES string of the molecule is Oc1c(-c2cc3nc4ccccc4nc3c3ccccc23)ccc2ccccc12. The van der Waals surface area contributed by atoms with Crippen LogP contribution >= 0.6 is 0 Å². The maximum absolute atomic E-state index is 11.1. The highest BCUT2D eigenvalue weighted by Gasteiger charge is 2.15. The second-order valence-electron chi connectivity index (χ2n) is 7.23. The lowest BCUT2D eigenvalue weighted by Gasteiger charge is -2.13. The average Bonchev–Trinajstić information content (AvgIpc) is 2.78. The molecule has 5 aromatic carbocycles. The molecule has 0 bridgehead atoms. The number of para-hydroxylation sites is 2. The summed E-state index contributed by atoms with van der Waals surface area (Å²) in [7, 11) is 0. The van der Waals surface area contributed by atoms with Crippen molar-refractivity contribution < 1.29 is 5.11 Å². The molecule has 0 spiro atoms. The van der Waals surface area contributed by atoms with Crippen LogP contribution < -0.4 is 0 Å². The molecule has 0 fully saturated rings. The Morgan fingerprint density at radius 3 is 2.00 bits per heavy atom. The molecular formula is C26H16N2O.